The molecular weight excluding hydrogens is 267 g/mol. The number of halogens is 2. The topological polar surface area (TPSA) is 86.8 Å². The van der Waals surface area contributed by atoms with Crippen LogP contribution in [-0.2, 0) is 0 Å². The van der Waals surface area contributed by atoms with Crippen LogP contribution in [0.1, 0.15) is 0 Å². The molecule has 0 saturated carbocycles. The highest BCUT2D eigenvalue weighted by atomic mass is 35.5. The van der Waals surface area contributed by atoms with Gasteiger partial charge in [-0.3, -0.25) is 10.1 Å². The molecule has 2 N–H and O–H groups in total. The fourth-order valence-corrected chi connectivity index (χ4v) is 2.05. The Balaban J connectivity index is 2.43. The van der Waals surface area contributed by atoms with Crippen molar-refractivity contribution in [3.05, 3.63) is 33.1 Å². The number of nitro benzene ring substituents is 1. The van der Waals surface area contributed by atoms with Crippen molar-refractivity contribution in [3.63, 3.8) is 0 Å². The van der Waals surface area contributed by atoms with Gasteiger partial charge in [-0.05, 0) is 0 Å². The van der Waals surface area contributed by atoms with Gasteiger partial charge >= 0.3 is 0 Å². The van der Waals surface area contributed by atoms with Crippen molar-refractivity contribution in [3.8, 4) is 0 Å². The minimum atomic E-state index is -1.01. The zero-order valence-electron chi connectivity index (χ0n) is 9.08. The van der Waals surface area contributed by atoms with Gasteiger partial charge in [0.25, 0.3) is 5.69 Å². The number of benzene rings is 1. The van der Waals surface area contributed by atoms with E-state index in [1.54, 1.807) is 0 Å². The fraction of sp³-hybridized carbons (Fsp3) is 0.400. The number of aliphatic hydroxyl groups excluding tert-OH is 2. The number of nitrogens with zero attached hydrogens (tertiary/aromatic N) is 2. The molecule has 0 aromatic heterocycles. The summed E-state index contributed by atoms with van der Waals surface area (Å²) >= 11 is 5.50. The number of hydrogen-bond acceptors (Lipinski definition) is 5. The summed E-state index contributed by atoms with van der Waals surface area (Å²) in [6.07, 6.45) is -2.02. The molecule has 1 aromatic rings. The molecule has 98 valence electrons. The van der Waals surface area contributed by atoms with Gasteiger partial charge < -0.3 is 15.1 Å². The first-order valence-corrected chi connectivity index (χ1v) is 5.52. The van der Waals surface area contributed by atoms with Crippen molar-refractivity contribution in [2.75, 3.05) is 18.0 Å². The van der Waals surface area contributed by atoms with E-state index in [0.29, 0.717) is 0 Å². The van der Waals surface area contributed by atoms with Crippen LogP contribution in [0.3, 0.4) is 0 Å². The monoisotopic (exact) mass is 276 g/mol. The number of hydrogen-bond donors (Lipinski definition) is 2. The maximum Gasteiger partial charge on any atom is 0.294 e. The summed E-state index contributed by atoms with van der Waals surface area (Å²) in [4.78, 5) is 11.5. The summed E-state index contributed by atoms with van der Waals surface area (Å²) in [5.41, 5.74) is -0.361. The van der Waals surface area contributed by atoms with E-state index in [2.05, 4.69) is 0 Å². The third-order valence-corrected chi connectivity index (χ3v) is 3.10. The Kier molecular flexibility index (Phi) is 3.38. The number of anilines is 1. The lowest BCUT2D eigenvalue weighted by atomic mass is 10.2. The molecule has 1 aliphatic rings. The van der Waals surface area contributed by atoms with Crippen LogP contribution in [-0.4, -0.2) is 40.4 Å². The summed E-state index contributed by atoms with van der Waals surface area (Å²) < 4.78 is 13.4. The van der Waals surface area contributed by atoms with Crippen LogP contribution in [0.5, 0.6) is 0 Å². The zero-order chi connectivity index (χ0) is 13.4. The smallest absolute Gasteiger partial charge is 0.294 e. The maximum atomic E-state index is 13.4. The first-order chi connectivity index (χ1) is 8.40. The van der Waals surface area contributed by atoms with Crippen molar-refractivity contribution in [1.82, 2.24) is 0 Å². The molecule has 2 unspecified atom stereocenters. The minimum absolute atomic E-state index is 0.00231. The van der Waals surface area contributed by atoms with E-state index in [0.717, 1.165) is 12.1 Å². The van der Waals surface area contributed by atoms with Crippen LogP contribution in [0.2, 0.25) is 5.02 Å². The summed E-state index contributed by atoms with van der Waals surface area (Å²) in [5, 5.41) is 29.3. The molecule has 1 saturated heterocycles. The van der Waals surface area contributed by atoms with E-state index in [1.165, 1.54) is 4.90 Å². The zero-order valence-corrected chi connectivity index (χ0v) is 9.84. The lowest BCUT2D eigenvalue weighted by molar-refractivity contribution is -0.384. The van der Waals surface area contributed by atoms with Gasteiger partial charge in [0.2, 0.25) is 0 Å². The van der Waals surface area contributed by atoms with Gasteiger partial charge in [-0.2, -0.15) is 0 Å². The minimum Gasteiger partial charge on any atom is -0.389 e. The van der Waals surface area contributed by atoms with Gasteiger partial charge in [-0.1, -0.05) is 11.6 Å². The molecule has 0 amide bonds. The summed E-state index contributed by atoms with van der Waals surface area (Å²) in [6, 6.07) is 1.86. The van der Waals surface area contributed by atoms with Crippen LogP contribution in [0, 0.1) is 15.9 Å². The van der Waals surface area contributed by atoms with Gasteiger partial charge in [-0.15, -0.1) is 0 Å². The third-order valence-electron chi connectivity index (χ3n) is 2.81. The maximum absolute atomic E-state index is 13.4. The molecule has 0 aliphatic carbocycles. The number of aliphatic hydroxyl groups is 2. The van der Waals surface area contributed by atoms with E-state index in [1.807, 2.05) is 0 Å². The second-order valence-corrected chi connectivity index (χ2v) is 4.46. The number of β-amino-alcohol motifs (C(OH)–C–C–N with tert-alkyl or cyclic N) is 2. The molecule has 2 atom stereocenters. The van der Waals surface area contributed by atoms with Gasteiger partial charge in [0.1, 0.15) is 11.5 Å². The second-order valence-electron chi connectivity index (χ2n) is 4.05. The van der Waals surface area contributed by atoms with Crippen LogP contribution >= 0.6 is 11.6 Å². The Hall–Kier alpha value is -1.44. The first kappa shape index (κ1) is 13.0. The van der Waals surface area contributed by atoms with E-state index in [9.17, 15) is 24.7 Å². The number of nitro groups is 1. The van der Waals surface area contributed by atoms with E-state index in [-0.39, 0.29) is 29.5 Å². The van der Waals surface area contributed by atoms with Crippen molar-refractivity contribution in [1.29, 1.82) is 0 Å². The molecule has 1 fully saturated rings. The van der Waals surface area contributed by atoms with Crippen LogP contribution in [0.4, 0.5) is 15.8 Å². The molecule has 2 rings (SSSR count). The second kappa shape index (κ2) is 4.68. The average Bonchev–Trinajstić information content (AvgIpc) is 2.62. The Morgan fingerprint density at radius 2 is 1.94 bits per heavy atom. The molecular formula is C10H10ClFN2O4. The van der Waals surface area contributed by atoms with Crippen LogP contribution in [0.25, 0.3) is 0 Å². The molecule has 1 aromatic carbocycles. The van der Waals surface area contributed by atoms with Crippen molar-refractivity contribution < 1.29 is 19.5 Å². The first-order valence-electron chi connectivity index (χ1n) is 5.14. The molecule has 8 heteroatoms. The normalized spacial score (nSPS) is 23.4. The van der Waals surface area contributed by atoms with E-state index >= 15 is 0 Å². The lowest BCUT2D eigenvalue weighted by Crippen LogP contribution is -2.22. The average molecular weight is 277 g/mol. The Morgan fingerprint density at radius 1 is 1.39 bits per heavy atom. The molecule has 1 heterocycles. The highest BCUT2D eigenvalue weighted by molar-refractivity contribution is 6.31. The van der Waals surface area contributed by atoms with E-state index < -0.39 is 22.9 Å². The quantitative estimate of drug-likeness (QED) is 0.620. The molecule has 18 heavy (non-hydrogen) atoms. The standard InChI is InChI=1S/C10H10ClFN2O4/c11-5-1-8(14(17)18)7(2-6(5)12)13-3-9(15)10(16)4-13/h1-2,9-10,15-16H,3-4H2. The predicted octanol–water partition coefficient (Wildman–Crippen LogP) is 0.929. The number of rotatable bonds is 2. The third kappa shape index (κ3) is 2.24. The van der Waals surface area contributed by atoms with Gasteiger partial charge in [-0.25, -0.2) is 4.39 Å². The highest BCUT2D eigenvalue weighted by Gasteiger charge is 2.33. The van der Waals surface area contributed by atoms with Crippen LogP contribution < -0.4 is 4.90 Å². The SMILES string of the molecule is O=[N+]([O-])c1cc(Cl)c(F)cc1N1CC(O)C(O)C1. The molecule has 1 aliphatic heterocycles. The van der Waals surface area contributed by atoms with Crippen molar-refractivity contribution >= 4 is 23.0 Å². The fourth-order valence-electron chi connectivity index (χ4n) is 1.89. The predicted molar refractivity (Wildman–Crippen MR) is 62.3 cm³/mol. The highest BCUT2D eigenvalue weighted by Crippen LogP contribution is 2.34. The molecule has 0 spiro atoms. The van der Waals surface area contributed by atoms with Gasteiger partial charge in [0.05, 0.1) is 22.2 Å². The lowest BCUT2D eigenvalue weighted by Gasteiger charge is -2.17. The van der Waals surface area contributed by atoms with Crippen molar-refractivity contribution in [2.24, 2.45) is 0 Å². The molecule has 6 nitrogen and oxygen atoms in total. The van der Waals surface area contributed by atoms with Gasteiger partial charge in [0, 0.05) is 25.2 Å². The Morgan fingerprint density at radius 3 is 2.44 bits per heavy atom. The van der Waals surface area contributed by atoms with Crippen LogP contribution in [0.15, 0.2) is 12.1 Å². The summed E-state index contributed by atoms with van der Waals surface area (Å²) in [7, 11) is 0. The largest absolute Gasteiger partial charge is 0.389 e. The van der Waals surface area contributed by atoms with E-state index in [4.69, 9.17) is 11.6 Å². The van der Waals surface area contributed by atoms with Gasteiger partial charge in [0.15, 0.2) is 0 Å². The summed E-state index contributed by atoms with van der Waals surface area (Å²) in [5.74, 6) is -0.784. The molecule has 0 bridgehead atoms. The Bertz CT molecular complexity index is 489. The Labute approximate surface area is 106 Å². The summed E-state index contributed by atoms with van der Waals surface area (Å²) in [6.45, 7) is 0.00611. The molecule has 0 radical (unpaired) electrons. The van der Waals surface area contributed by atoms with Crippen molar-refractivity contribution in [2.45, 2.75) is 12.2 Å².